The van der Waals surface area contributed by atoms with Crippen LogP contribution in [0.25, 0.3) is 0 Å². The Morgan fingerprint density at radius 3 is 3.05 bits per heavy atom. The van der Waals surface area contributed by atoms with Crippen molar-refractivity contribution in [2.75, 3.05) is 7.11 Å². The second-order valence-corrected chi connectivity index (χ2v) is 6.24. The quantitative estimate of drug-likeness (QED) is 0.783. The average molecular weight is 341 g/mol. The Labute approximate surface area is 123 Å². The zero-order valence-corrected chi connectivity index (χ0v) is 12.8. The number of methoxy groups -OCH3 is 1. The molecule has 7 heteroatoms. The predicted molar refractivity (Wildman–Crippen MR) is 76.3 cm³/mol. The van der Waals surface area contributed by atoms with E-state index in [-0.39, 0.29) is 0 Å². The Kier molecular flexibility index (Phi) is 3.74. The number of nitrogens with zero attached hydrogens (tertiary/aromatic N) is 4. The SMILES string of the molecule is COc1ccc(Br)cc1CSc1nnnn1C1CC1. The van der Waals surface area contributed by atoms with E-state index in [4.69, 9.17) is 4.74 Å². The van der Waals surface area contributed by atoms with Crippen molar-refractivity contribution in [3.63, 3.8) is 0 Å². The van der Waals surface area contributed by atoms with E-state index in [0.29, 0.717) is 6.04 Å². The molecule has 0 saturated heterocycles. The van der Waals surface area contributed by atoms with E-state index in [0.717, 1.165) is 26.7 Å². The van der Waals surface area contributed by atoms with Gasteiger partial charge >= 0.3 is 0 Å². The van der Waals surface area contributed by atoms with E-state index >= 15 is 0 Å². The molecule has 2 aromatic rings. The fourth-order valence-electron chi connectivity index (χ4n) is 1.83. The summed E-state index contributed by atoms with van der Waals surface area (Å²) >= 11 is 5.12. The van der Waals surface area contributed by atoms with Crippen LogP contribution < -0.4 is 4.74 Å². The summed E-state index contributed by atoms with van der Waals surface area (Å²) in [6.07, 6.45) is 2.36. The molecule has 0 aliphatic heterocycles. The number of tetrazole rings is 1. The Morgan fingerprint density at radius 1 is 1.47 bits per heavy atom. The summed E-state index contributed by atoms with van der Waals surface area (Å²) in [5, 5.41) is 12.8. The molecule has 0 amide bonds. The normalized spacial score (nSPS) is 14.6. The highest BCUT2D eigenvalue weighted by molar-refractivity contribution is 9.10. The molecule has 5 nitrogen and oxygen atoms in total. The van der Waals surface area contributed by atoms with Crippen molar-refractivity contribution in [2.24, 2.45) is 0 Å². The van der Waals surface area contributed by atoms with E-state index in [2.05, 4.69) is 37.5 Å². The van der Waals surface area contributed by atoms with Crippen molar-refractivity contribution in [2.45, 2.75) is 29.8 Å². The summed E-state index contributed by atoms with van der Waals surface area (Å²) in [7, 11) is 1.69. The number of rotatable bonds is 5. The minimum Gasteiger partial charge on any atom is -0.496 e. The number of thioether (sulfide) groups is 1. The Bertz CT molecular complexity index is 585. The molecule has 100 valence electrons. The van der Waals surface area contributed by atoms with Crippen LogP contribution in [0.4, 0.5) is 0 Å². The number of hydrogen-bond acceptors (Lipinski definition) is 5. The summed E-state index contributed by atoms with van der Waals surface area (Å²) in [6.45, 7) is 0. The van der Waals surface area contributed by atoms with Crippen molar-refractivity contribution in [1.82, 2.24) is 20.2 Å². The van der Waals surface area contributed by atoms with Crippen molar-refractivity contribution >= 4 is 27.7 Å². The smallest absolute Gasteiger partial charge is 0.209 e. The first-order valence-corrected chi connectivity index (χ1v) is 7.79. The third-order valence-electron chi connectivity index (χ3n) is 2.95. The lowest BCUT2D eigenvalue weighted by Gasteiger charge is -2.08. The molecule has 1 saturated carbocycles. The molecule has 1 aliphatic rings. The summed E-state index contributed by atoms with van der Waals surface area (Å²) in [4.78, 5) is 0. The van der Waals surface area contributed by atoms with Gasteiger partial charge in [-0.05, 0) is 41.5 Å². The molecule has 1 heterocycles. The van der Waals surface area contributed by atoms with Gasteiger partial charge in [-0.15, -0.1) is 5.10 Å². The third-order valence-corrected chi connectivity index (χ3v) is 4.43. The van der Waals surface area contributed by atoms with Crippen LogP contribution in [-0.4, -0.2) is 27.3 Å². The third kappa shape index (κ3) is 2.92. The van der Waals surface area contributed by atoms with Gasteiger partial charge in [0.2, 0.25) is 5.16 Å². The first kappa shape index (κ1) is 12.9. The van der Waals surface area contributed by atoms with E-state index in [1.54, 1.807) is 18.9 Å². The Balaban J connectivity index is 1.74. The first-order chi connectivity index (χ1) is 9.28. The summed E-state index contributed by atoms with van der Waals surface area (Å²) in [6, 6.07) is 6.50. The number of hydrogen-bond donors (Lipinski definition) is 0. The van der Waals surface area contributed by atoms with Crippen LogP contribution in [0.15, 0.2) is 27.8 Å². The van der Waals surface area contributed by atoms with Gasteiger partial charge in [0.05, 0.1) is 13.2 Å². The van der Waals surface area contributed by atoms with E-state index < -0.39 is 0 Å². The molecule has 0 bridgehead atoms. The number of aromatic nitrogens is 4. The van der Waals surface area contributed by atoms with Crippen LogP contribution in [0.1, 0.15) is 24.4 Å². The second kappa shape index (κ2) is 5.50. The molecule has 1 aromatic carbocycles. The topological polar surface area (TPSA) is 52.8 Å². The molecule has 0 atom stereocenters. The van der Waals surface area contributed by atoms with Gasteiger partial charge in [0.25, 0.3) is 0 Å². The van der Waals surface area contributed by atoms with Crippen molar-refractivity contribution in [3.05, 3.63) is 28.2 Å². The summed E-state index contributed by atoms with van der Waals surface area (Å²) in [5.74, 6) is 1.68. The largest absolute Gasteiger partial charge is 0.496 e. The standard InChI is InChI=1S/C12H13BrN4OS/c1-18-11-5-2-9(13)6-8(11)7-19-12-14-15-16-17(12)10-3-4-10/h2,5-6,10H,3-4,7H2,1H3. The van der Waals surface area contributed by atoms with Gasteiger partial charge in [0, 0.05) is 15.8 Å². The molecule has 1 fully saturated rings. The number of halogens is 1. The Hall–Kier alpha value is -1.08. The van der Waals surface area contributed by atoms with Crippen molar-refractivity contribution in [3.8, 4) is 5.75 Å². The lowest BCUT2D eigenvalue weighted by atomic mass is 10.2. The summed E-state index contributed by atoms with van der Waals surface area (Å²) < 4.78 is 8.34. The molecule has 1 aliphatic carbocycles. The molecule has 0 unspecified atom stereocenters. The first-order valence-electron chi connectivity index (χ1n) is 6.01. The Morgan fingerprint density at radius 2 is 2.32 bits per heavy atom. The van der Waals surface area contributed by atoms with Crippen LogP contribution in [0.2, 0.25) is 0 Å². The van der Waals surface area contributed by atoms with Crippen LogP contribution in [0.3, 0.4) is 0 Å². The lowest BCUT2D eigenvalue weighted by molar-refractivity contribution is 0.411. The van der Waals surface area contributed by atoms with E-state index in [1.807, 2.05) is 16.8 Å². The van der Waals surface area contributed by atoms with Crippen molar-refractivity contribution < 1.29 is 4.74 Å². The molecule has 0 radical (unpaired) electrons. The molecule has 3 rings (SSSR count). The maximum absolute atomic E-state index is 5.37. The molecule has 1 aromatic heterocycles. The van der Waals surface area contributed by atoms with Gasteiger partial charge < -0.3 is 4.74 Å². The van der Waals surface area contributed by atoms with Gasteiger partial charge in [-0.2, -0.15) is 0 Å². The van der Waals surface area contributed by atoms with E-state index in [1.165, 1.54) is 12.8 Å². The van der Waals surface area contributed by atoms with Gasteiger partial charge in [-0.3, -0.25) is 0 Å². The molecule has 0 spiro atoms. The number of benzene rings is 1. The molecule has 19 heavy (non-hydrogen) atoms. The number of ether oxygens (including phenoxy) is 1. The van der Waals surface area contributed by atoms with Gasteiger partial charge in [-0.1, -0.05) is 27.7 Å². The minimum absolute atomic E-state index is 0.502. The molecular formula is C12H13BrN4OS. The maximum atomic E-state index is 5.37. The average Bonchev–Trinajstić information content (AvgIpc) is 3.15. The summed E-state index contributed by atoms with van der Waals surface area (Å²) in [5.41, 5.74) is 1.13. The molecule has 0 N–H and O–H groups in total. The zero-order chi connectivity index (χ0) is 13.2. The molecular weight excluding hydrogens is 328 g/mol. The van der Waals surface area contributed by atoms with Gasteiger partial charge in [0.1, 0.15) is 5.75 Å². The fourth-order valence-corrected chi connectivity index (χ4v) is 3.16. The highest BCUT2D eigenvalue weighted by atomic mass is 79.9. The van der Waals surface area contributed by atoms with Gasteiger partial charge in [0.15, 0.2) is 0 Å². The monoisotopic (exact) mass is 340 g/mol. The van der Waals surface area contributed by atoms with Crippen molar-refractivity contribution in [1.29, 1.82) is 0 Å². The van der Waals surface area contributed by atoms with E-state index in [9.17, 15) is 0 Å². The highest BCUT2D eigenvalue weighted by Gasteiger charge is 2.27. The fraction of sp³-hybridized carbons (Fsp3) is 0.417. The highest BCUT2D eigenvalue weighted by Crippen LogP contribution is 2.37. The zero-order valence-electron chi connectivity index (χ0n) is 10.4. The maximum Gasteiger partial charge on any atom is 0.209 e. The van der Waals surface area contributed by atoms with Gasteiger partial charge in [-0.25, -0.2) is 4.68 Å². The van der Waals surface area contributed by atoms with Crippen LogP contribution in [0, 0.1) is 0 Å². The van der Waals surface area contributed by atoms with Crippen LogP contribution in [0.5, 0.6) is 5.75 Å². The lowest BCUT2D eigenvalue weighted by Crippen LogP contribution is -1.99. The minimum atomic E-state index is 0.502. The predicted octanol–water partition coefficient (Wildman–Crippen LogP) is 3.07. The van der Waals surface area contributed by atoms with Crippen LogP contribution in [-0.2, 0) is 5.75 Å². The second-order valence-electron chi connectivity index (χ2n) is 4.38. The van der Waals surface area contributed by atoms with Crippen LogP contribution >= 0.6 is 27.7 Å².